The summed E-state index contributed by atoms with van der Waals surface area (Å²) in [4.78, 5) is 2.43. The zero-order valence-electron chi connectivity index (χ0n) is 14.4. The predicted octanol–water partition coefficient (Wildman–Crippen LogP) is 4.39. The molecule has 0 amide bonds. The van der Waals surface area contributed by atoms with E-state index < -0.39 is 0 Å². The Kier molecular flexibility index (Phi) is 4.49. The van der Waals surface area contributed by atoms with E-state index in [0.29, 0.717) is 5.16 Å². The molecule has 5 heteroatoms. The summed E-state index contributed by atoms with van der Waals surface area (Å²) in [7, 11) is 0. The van der Waals surface area contributed by atoms with Crippen molar-refractivity contribution in [2.24, 2.45) is 0 Å². The highest BCUT2D eigenvalue weighted by molar-refractivity contribution is 7.80. The molecule has 1 saturated heterocycles. The number of aryl methyl sites for hydroxylation is 1. The molecule has 0 radical (unpaired) electrons. The van der Waals surface area contributed by atoms with E-state index in [4.69, 9.17) is 0 Å². The quantitative estimate of drug-likeness (QED) is 0.709. The van der Waals surface area contributed by atoms with Gasteiger partial charge in [-0.1, -0.05) is 31.2 Å². The maximum Gasteiger partial charge on any atom is 0.193 e. The summed E-state index contributed by atoms with van der Waals surface area (Å²) in [5.41, 5.74) is 4.67. The number of nitrogens with zero attached hydrogens (tertiary/aromatic N) is 4. The minimum atomic E-state index is 0.607. The molecule has 4 rings (SSSR count). The maximum atomic E-state index is 4.55. The van der Waals surface area contributed by atoms with Crippen molar-refractivity contribution in [3.63, 3.8) is 0 Å². The highest BCUT2D eigenvalue weighted by atomic mass is 32.1. The van der Waals surface area contributed by atoms with E-state index in [9.17, 15) is 0 Å². The molecule has 25 heavy (non-hydrogen) atoms. The number of hydrogen-bond acceptors (Lipinski definition) is 4. The lowest BCUT2D eigenvalue weighted by Crippen LogP contribution is -2.17. The molecule has 0 spiro atoms. The topological polar surface area (TPSA) is 34.0 Å². The Hall–Kier alpha value is -2.27. The second-order valence-electron chi connectivity index (χ2n) is 6.43. The van der Waals surface area contributed by atoms with Gasteiger partial charge in [-0.15, -0.1) is 22.8 Å². The van der Waals surface area contributed by atoms with Crippen molar-refractivity contribution < 1.29 is 0 Å². The lowest BCUT2D eigenvalue weighted by molar-refractivity contribution is 0.889. The van der Waals surface area contributed by atoms with Gasteiger partial charge in [0.15, 0.2) is 11.0 Å². The van der Waals surface area contributed by atoms with Crippen LogP contribution < -0.4 is 4.90 Å². The Balaban J connectivity index is 1.78. The van der Waals surface area contributed by atoms with Gasteiger partial charge < -0.3 is 4.90 Å². The normalized spacial score (nSPS) is 14.2. The van der Waals surface area contributed by atoms with E-state index >= 15 is 0 Å². The van der Waals surface area contributed by atoms with Crippen molar-refractivity contribution in [3.8, 4) is 17.1 Å². The first kappa shape index (κ1) is 16.2. The summed E-state index contributed by atoms with van der Waals surface area (Å²) >= 11 is 4.55. The standard InChI is InChI=1S/C20H22N4S/c1-2-15-7-5-8-16(13-15)19-21-22-20(25)24(19)18-10-6-9-17(14-18)23-11-3-4-12-23/h5-10,13-14H,2-4,11-12H2,1H3,(H,22,25). The second-order valence-corrected chi connectivity index (χ2v) is 6.83. The Labute approximate surface area is 153 Å². The van der Waals surface area contributed by atoms with E-state index in [-0.39, 0.29) is 0 Å². The van der Waals surface area contributed by atoms with Crippen LogP contribution >= 0.6 is 12.6 Å². The first-order valence-electron chi connectivity index (χ1n) is 8.85. The minimum absolute atomic E-state index is 0.607. The third-order valence-electron chi connectivity index (χ3n) is 4.80. The Bertz CT molecular complexity index is 881. The fraction of sp³-hybridized carbons (Fsp3) is 0.300. The van der Waals surface area contributed by atoms with Crippen molar-refractivity contribution in [1.29, 1.82) is 0 Å². The Morgan fingerprint density at radius 1 is 0.960 bits per heavy atom. The van der Waals surface area contributed by atoms with Crippen molar-refractivity contribution >= 4 is 18.3 Å². The SMILES string of the molecule is CCc1cccc(-c2nnc(S)n2-c2cccc(N3CCCC3)c2)c1. The van der Waals surface area contributed by atoms with E-state index in [1.54, 1.807) is 0 Å². The fourth-order valence-corrected chi connectivity index (χ4v) is 3.69. The van der Waals surface area contributed by atoms with Crippen LogP contribution in [0, 0.1) is 0 Å². The monoisotopic (exact) mass is 350 g/mol. The average molecular weight is 350 g/mol. The van der Waals surface area contributed by atoms with Gasteiger partial charge >= 0.3 is 0 Å². The molecule has 3 aromatic rings. The summed E-state index contributed by atoms with van der Waals surface area (Å²) in [6.45, 7) is 4.42. The zero-order valence-corrected chi connectivity index (χ0v) is 15.3. The molecule has 1 aromatic heterocycles. The molecule has 128 valence electrons. The number of benzene rings is 2. The molecule has 0 N–H and O–H groups in total. The molecule has 0 bridgehead atoms. The average Bonchev–Trinajstić information content (AvgIpc) is 3.32. The number of hydrogen-bond donors (Lipinski definition) is 1. The van der Waals surface area contributed by atoms with Crippen LogP contribution in [0.4, 0.5) is 5.69 Å². The minimum Gasteiger partial charge on any atom is -0.371 e. The van der Waals surface area contributed by atoms with E-state index in [1.165, 1.54) is 24.1 Å². The van der Waals surface area contributed by atoms with Crippen molar-refractivity contribution in [2.45, 2.75) is 31.3 Å². The van der Waals surface area contributed by atoms with E-state index in [0.717, 1.165) is 36.6 Å². The van der Waals surface area contributed by atoms with Gasteiger partial charge in [0.05, 0.1) is 5.69 Å². The van der Waals surface area contributed by atoms with Crippen LogP contribution in [-0.4, -0.2) is 27.9 Å². The van der Waals surface area contributed by atoms with Crippen LogP contribution in [0.1, 0.15) is 25.3 Å². The predicted molar refractivity (Wildman–Crippen MR) is 105 cm³/mol. The molecular weight excluding hydrogens is 328 g/mol. The number of anilines is 1. The Morgan fingerprint density at radius 2 is 1.72 bits per heavy atom. The lowest BCUT2D eigenvalue weighted by atomic mass is 10.1. The first-order valence-corrected chi connectivity index (χ1v) is 9.30. The van der Waals surface area contributed by atoms with Gasteiger partial charge in [0.25, 0.3) is 0 Å². The second kappa shape index (κ2) is 6.92. The molecule has 0 unspecified atom stereocenters. The Morgan fingerprint density at radius 3 is 2.52 bits per heavy atom. The van der Waals surface area contributed by atoms with E-state index in [2.05, 4.69) is 83.2 Å². The molecular formula is C20H22N4S. The van der Waals surface area contributed by atoms with Gasteiger partial charge in [-0.2, -0.15) is 0 Å². The van der Waals surface area contributed by atoms with Crippen LogP contribution in [0.5, 0.6) is 0 Å². The third kappa shape index (κ3) is 3.16. The van der Waals surface area contributed by atoms with Gasteiger partial charge in [0.1, 0.15) is 0 Å². The summed E-state index contributed by atoms with van der Waals surface area (Å²) < 4.78 is 2.03. The van der Waals surface area contributed by atoms with Crippen LogP contribution in [0.3, 0.4) is 0 Å². The first-order chi connectivity index (χ1) is 12.3. The molecule has 1 aliphatic heterocycles. The van der Waals surface area contributed by atoms with Crippen LogP contribution in [0.15, 0.2) is 53.7 Å². The fourth-order valence-electron chi connectivity index (χ4n) is 3.44. The molecule has 1 aliphatic rings. The molecule has 2 heterocycles. The van der Waals surface area contributed by atoms with Gasteiger partial charge in [-0.05, 0) is 49.1 Å². The van der Waals surface area contributed by atoms with Crippen molar-refractivity contribution in [1.82, 2.24) is 14.8 Å². The lowest BCUT2D eigenvalue weighted by Gasteiger charge is -2.19. The van der Waals surface area contributed by atoms with Crippen LogP contribution in [0.2, 0.25) is 0 Å². The third-order valence-corrected chi connectivity index (χ3v) is 5.09. The van der Waals surface area contributed by atoms with Gasteiger partial charge in [-0.3, -0.25) is 4.57 Å². The summed E-state index contributed by atoms with van der Waals surface area (Å²) in [5.74, 6) is 0.832. The summed E-state index contributed by atoms with van der Waals surface area (Å²) in [6.07, 6.45) is 3.54. The summed E-state index contributed by atoms with van der Waals surface area (Å²) in [5, 5.41) is 9.21. The number of thiol groups is 1. The molecule has 4 nitrogen and oxygen atoms in total. The van der Waals surface area contributed by atoms with Gasteiger partial charge in [-0.25, -0.2) is 0 Å². The molecule has 2 aromatic carbocycles. The molecule has 0 atom stereocenters. The van der Waals surface area contributed by atoms with Crippen molar-refractivity contribution in [2.75, 3.05) is 18.0 Å². The smallest absolute Gasteiger partial charge is 0.193 e. The molecule has 0 saturated carbocycles. The molecule has 0 aliphatic carbocycles. The van der Waals surface area contributed by atoms with Crippen molar-refractivity contribution in [3.05, 3.63) is 54.1 Å². The summed E-state index contributed by atoms with van der Waals surface area (Å²) in [6, 6.07) is 17.1. The van der Waals surface area contributed by atoms with Gasteiger partial charge in [0.2, 0.25) is 0 Å². The largest absolute Gasteiger partial charge is 0.371 e. The van der Waals surface area contributed by atoms with E-state index in [1.807, 2.05) is 4.57 Å². The maximum absolute atomic E-state index is 4.55. The number of rotatable bonds is 4. The van der Waals surface area contributed by atoms with Crippen LogP contribution in [0.25, 0.3) is 17.1 Å². The highest BCUT2D eigenvalue weighted by Gasteiger charge is 2.16. The zero-order chi connectivity index (χ0) is 17.2. The van der Waals surface area contributed by atoms with Crippen LogP contribution in [-0.2, 0) is 6.42 Å². The number of aromatic nitrogens is 3. The molecule has 1 fully saturated rings. The highest BCUT2D eigenvalue weighted by Crippen LogP contribution is 2.28. The van der Waals surface area contributed by atoms with Gasteiger partial charge in [0, 0.05) is 24.3 Å².